The minimum absolute atomic E-state index is 0.597. The molecule has 1 atom stereocenters. The van der Waals surface area contributed by atoms with Gasteiger partial charge in [-0.2, -0.15) is 0 Å². The summed E-state index contributed by atoms with van der Waals surface area (Å²) in [6.07, 6.45) is 8.95. The largest absolute Gasteiger partial charge is 0.241 e. The topological polar surface area (TPSA) is 12.9 Å². The van der Waals surface area contributed by atoms with E-state index in [4.69, 9.17) is 4.98 Å². The number of aryl methyl sites for hydroxylation is 2. The number of rotatable bonds is 1. The van der Waals surface area contributed by atoms with Gasteiger partial charge in [0.25, 0.3) is 0 Å². The second kappa shape index (κ2) is 5.70. The molecule has 0 spiro atoms. The van der Waals surface area contributed by atoms with E-state index < -0.39 is 0 Å². The SMILES string of the molecule is CC1CCCc2c1nc1sc3c(c1c2-c1ccccc1)CCCC3. The van der Waals surface area contributed by atoms with Gasteiger partial charge >= 0.3 is 0 Å². The van der Waals surface area contributed by atoms with Gasteiger partial charge in [0.1, 0.15) is 4.83 Å². The summed E-state index contributed by atoms with van der Waals surface area (Å²) >= 11 is 1.97. The van der Waals surface area contributed by atoms with Crippen molar-refractivity contribution in [1.29, 1.82) is 0 Å². The normalized spacial score (nSPS) is 20.0. The fourth-order valence-corrected chi connectivity index (χ4v) is 5.93. The first-order chi connectivity index (χ1) is 11.8. The van der Waals surface area contributed by atoms with Gasteiger partial charge in [-0.1, -0.05) is 37.3 Å². The first-order valence-electron chi connectivity index (χ1n) is 9.35. The lowest BCUT2D eigenvalue weighted by atomic mass is 9.81. The zero-order chi connectivity index (χ0) is 16.1. The van der Waals surface area contributed by atoms with Gasteiger partial charge in [-0.15, -0.1) is 11.3 Å². The molecule has 0 aliphatic heterocycles. The minimum atomic E-state index is 0.597. The number of nitrogens with zero attached hydrogens (tertiary/aromatic N) is 1. The van der Waals surface area contributed by atoms with E-state index in [9.17, 15) is 0 Å². The van der Waals surface area contributed by atoms with E-state index in [1.54, 1.807) is 16.0 Å². The van der Waals surface area contributed by atoms with Crippen LogP contribution < -0.4 is 0 Å². The van der Waals surface area contributed by atoms with E-state index >= 15 is 0 Å². The molecule has 0 saturated heterocycles. The van der Waals surface area contributed by atoms with E-state index in [2.05, 4.69) is 37.3 Å². The van der Waals surface area contributed by atoms with Crippen LogP contribution in [0.5, 0.6) is 0 Å². The van der Waals surface area contributed by atoms with E-state index in [0.717, 1.165) is 0 Å². The Labute approximate surface area is 147 Å². The number of hydrogen-bond acceptors (Lipinski definition) is 2. The Hall–Kier alpha value is -1.67. The quantitative estimate of drug-likeness (QED) is 0.510. The van der Waals surface area contributed by atoms with Gasteiger partial charge in [0.2, 0.25) is 0 Å². The van der Waals surface area contributed by atoms with Crippen LogP contribution in [-0.4, -0.2) is 4.98 Å². The van der Waals surface area contributed by atoms with Crippen molar-refractivity contribution in [1.82, 2.24) is 4.98 Å². The molecule has 0 fully saturated rings. The fourth-order valence-electron chi connectivity index (χ4n) is 4.65. The molecule has 2 aromatic heterocycles. The summed E-state index contributed by atoms with van der Waals surface area (Å²) < 4.78 is 0. The molecule has 1 aromatic carbocycles. The Morgan fingerprint density at radius 1 is 0.958 bits per heavy atom. The summed E-state index contributed by atoms with van der Waals surface area (Å²) in [7, 11) is 0. The molecule has 0 saturated carbocycles. The van der Waals surface area contributed by atoms with E-state index in [0.29, 0.717) is 5.92 Å². The molecule has 0 amide bonds. The highest BCUT2D eigenvalue weighted by Crippen LogP contribution is 2.46. The monoisotopic (exact) mass is 333 g/mol. The van der Waals surface area contributed by atoms with E-state index in [1.165, 1.54) is 72.0 Å². The Morgan fingerprint density at radius 2 is 1.75 bits per heavy atom. The molecule has 0 radical (unpaired) electrons. The van der Waals surface area contributed by atoms with Crippen LogP contribution in [0.2, 0.25) is 0 Å². The smallest absolute Gasteiger partial charge is 0.124 e. The standard InChI is InChI=1S/C22H23NS/c1-14-8-7-12-17-19(15-9-3-2-4-10-15)20-16-11-5-6-13-18(16)24-22(20)23-21(14)17/h2-4,9-10,14H,5-8,11-13H2,1H3. The van der Waals surface area contributed by atoms with Crippen LogP contribution in [0.15, 0.2) is 30.3 Å². The number of benzene rings is 1. The molecule has 2 aliphatic carbocycles. The van der Waals surface area contributed by atoms with Crippen LogP contribution >= 0.6 is 11.3 Å². The summed E-state index contributed by atoms with van der Waals surface area (Å²) in [5, 5.41) is 1.49. The summed E-state index contributed by atoms with van der Waals surface area (Å²) in [5.74, 6) is 0.597. The van der Waals surface area contributed by atoms with Crippen LogP contribution in [0, 0.1) is 0 Å². The zero-order valence-corrected chi connectivity index (χ0v) is 15.1. The van der Waals surface area contributed by atoms with Crippen molar-refractivity contribution in [3.63, 3.8) is 0 Å². The van der Waals surface area contributed by atoms with Crippen molar-refractivity contribution in [2.24, 2.45) is 0 Å². The lowest BCUT2D eigenvalue weighted by Gasteiger charge is -2.25. The van der Waals surface area contributed by atoms with Gasteiger partial charge in [-0.25, -0.2) is 4.98 Å². The molecule has 122 valence electrons. The van der Waals surface area contributed by atoms with Crippen LogP contribution in [0.4, 0.5) is 0 Å². The third-order valence-corrected chi connectivity index (χ3v) is 7.01. The maximum Gasteiger partial charge on any atom is 0.124 e. The second-order valence-corrected chi connectivity index (χ2v) is 8.48. The molecule has 0 N–H and O–H groups in total. The summed E-state index contributed by atoms with van der Waals surface area (Å²) in [4.78, 5) is 8.11. The first kappa shape index (κ1) is 14.7. The average molecular weight is 334 g/mol. The van der Waals surface area contributed by atoms with E-state index in [-0.39, 0.29) is 0 Å². The molecule has 2 heteroatoms. The van der Waals surface area contributed by atoms with Crippen LogP contribution in [0.25, 0.3) is 21.3 Å². The molecule has 0 bridgehead atoms. The molecule has 24 heavy (non-hydrogen) atoms. The third kappa shape index (κ3) is 2.16. The molecular weight excluding hydrogens is 310 g/mol. The van der Waals surface area contributed by atoms with Gasteiger partial charge in [0, 0.05) is 16.0 Å². The van der Waals surface area contributed by atoms with Gasteiger partial charge in [0.15, 0.2) is 0 Å². The van der Waals surface area contributed by atoms with Crippen molar-refractivity contribution < 1.29 is 0 Å². The maximum absolute atomic E-state index is 5.21. The molecule has 2 aliphatic rings. The summed E-state index contributed by atoms with van der Waals surface area (Å²) in [6, 6.07) is 11.1. The van der Waals surface area contributed by atoms with Gasteiger partial charge in [0.05, 0.1) is 0 Å². The number of fused-ring (bicyclic) bond motifs is 4. The summed E-state index contributed by atoms with van der Waals surface area (Å²) in [6.45, 7) is 2.36. The van der Waals surface area contributed by atoms with Gasteiger partial charge < -0.3 is 0 Å². The summed E-state index contributed by atoms with van der Waals surface area (Å²) in [5.41, 5.74) is 7.45. The Kier molecular flexibility index (Phi) is 3.48. The maximum atomic E-state index is 5.21. The average Bonchev–Trinajstić information content (AvgIpc) is 2.99. The van der Waals surface area contributed by atoms with Gasteiger partial charge in [-0.3, -0.25) is 0 Å². The predicted octanol–water partition coefficient (Wildman–Crippen LogP) is 6.28. The number of aromatic nitrogens is 1. The first-order valence-corrected chi connectivity index (χ1v) is 10.2. The van der Waals surface area contributed by atoms with Crippen molar-refractivity contribution in [3.05, 3.63) is 52.0 Å². The lowest BCUT2D eigenvalue weighted by molar-refractivity contribution is 0.577. The fraction of sp³-hybridized carbons (Fsp3) is 0.409. The Bertz CT molecular complexity index is 907. The number of pyridine rings is 1. The zero-order valence-electron chi connectivity index (χ0n) is 14.3. The molecule has 1 nitrogen and oxygen atoms in total. The highest BCUT2D eigenvalue weighted by Gasteiger charge is 2.27. The molecular formula is C22H23NS. The van der Waals surface area contributed by atoms with Crippen molar-refractivity contribution in [3.8, 4) is 11.1 Å². The molecule has 3 aromatic rings. The molecule has 5 rings (SSSR count). The molecule has 2 heterocycles. The van der Waals surface area contributed by atoms with Crippen LogP contribution in [0.3, 0.4) is 0 Å². The van der Waals surface area contributed by atoms with Crippen molar-refractivity contribution in [2.45, 2.75) is 57.8 Å². The van der Waals surface area contributed by atoms with Crippen molar-refractivity contribution in [2.75, 3.05) is 0 Å². The molecule has 1 unspecified atom stereocenters. The van der Waals surface area contributed by atoms with Crippen molar-refractivity contribution >= 4 is 21.6 Å². The lowest BCUT2D eigenvalue weighted by Crippen LogP contribution is -2.11. The van der Waals surface area contributed by atoms with Gasteiger partial charge in [-0.05, 0) is 73.1 Å². The third-order valence-electron chi connectivity index (χ3n) is 5.83. The highest BCUT2D eigenvalue weighted by atomic mass is 32.1. The second-order valence-electron chi connectivity index (χ2n) is 7.40. The van der Waals surface area contributed by atoms with E-state index in [1.807, 2.05) is 11.3 Å². The Balaban J connectivity index is 1.90. The van der Waals surface area contributed by atoms with Crippen LogP contribution in [-0.2, 0) is 19.3 Å². The number of thiophene rings is 1. The minimum Gasteiger partial charge on any atom is -0.241 e. The number of hydrogen-bond donors (Lipinski definition) is 0. The predicted molar refractivity (Wildman–Crippen MR) is 103 cm³/mol. The van der Waals surface area contributed by atoms with Crippen LogP contribution in [0.1, 0.15) is 60.2 Å². The Morgan fingerprint density at radius 3 is 2.62 bits per heavy atom. The highest BCUT2D eigenvalue weighted by molar-refractivity contribution is 7.19.